The highest BCUT2D eigenvalue weighted by molar-refractivity contribution is 9.10. The molecule has 2 heterocycles. The van der Waals surface area contributed by atoms with Crippen LogP contribution in [-0.4, -0.2) is 57.9 Å². The highest BCUT2D eigenvalue weighted by Gasteiger charge is 2.24. The minimum absolute atomic E-state index is 0.581. The Morgan fingerprint density at radius 1 is 1.42 bits per heavy atom. The van der Waals surface area contributed by atoms with Gasteiger partial charge in [0.1, 0.15) is 13.2 Å². The smallest absolute Gasteiger partial charge is 0.193 e. The van der Waals surface area contributed by atoms with Crippen LogP contribution in [0.1, 0.15) is 12.0 Å². The number of nitrogens with one attached hydrogen (secondary N) is 1. The molecule has 2 aliphatic rings. The van der Waals surface area contributed by atoms with Crippen molar-refractivity contribution in [2.24, 2.45) is 10.9 Å². The second kappa shape index (κ2) is 8.07. The first-order valence-electron chi connectivity index (χ1n) is 8.23. The second-order valence-corrected chi connectivity index (χ2v) is 6.91. The van der Waals surface area contributed by atoms with Crippen molar-refractivity contribution in [3.63, 3.8) is 0 Å². The first-order valence-corrected chi connectivity index (χ1v) is 9.03. The van der Waals surface area contributed by atoms with Crippen LogP contribution in [0.3, 0.4) is 0 Å². The average molecular weight is 398 g/mol. The molecule has 2 aliphatic heterocycles. The van der Waals surface area contributed by atoms with Gasteiger partial charge in [0.25, 0.3) is 0 Å². The van der Waals surface area contributed by atoms with E-state index in [1.165, 1.54) is 0 Å². The molecule has 1 atom stereocenters. The van der Waals surface area contributed by atoms with Crippen LogP contribution < -0.4 is 14.8 Å². The number of guanidine groups is 1. The van der Waals surface area contributed by atoms with E-state index in [0.717, 1.165) is 53.6 Å². The summed E-state index contributed by atoms with van der Waals surface area (Å²) in [5.74, 6) is 3.09. The predicted molar refractivity (Wildman–Crippen MR) is 96.9 cm³/mol. The SMILES string of the molecule is CN=C(NCc1cc(Br)c2c(c1)OCCO2)N1CCC(COC)C1. The molecule has 1 fully saturated rings. The Labute approximate surface area is 151 Å². The Kier molecular flexibility index (Phi) is 5.84. The summed E-state index contributed by atoms with van der Waals surface area (Å²) >= 11 is 3.56. The Bertz CT molecular complexity index is 609. The number of methoxy groups -OCH3 is 1. The van der Waals surface area contributed by atoms with Gasteiger partial charge in [-0.1, -0.05) is 0 Å². The quantitative estimate of drug-likeness (QED) is 0.623. The van der Waals surface area contributed by atoms with Crippen molar-refractivity contribution in [3.05, 3.63) is 22.2 Å². The third kappa shape index (κ3) is 3.95. The minimum Gasteiger partial charge on any atom is -0.486 e. The fraction of sp³-hybridized carbons (Fsp3) is 0.588. The van der Waals surface area contributed by atoms with Crippen LogP contribution >= 0.6 is 15.9 Å². The number of halogens is 1. The molecule has 3 rings (SSSR count). The maximum Gasteiger partial charge on any atom is 0.193 e. The van der Waals surface area contributed by atoms with Crippen molar-refractivity contribution in [1.29, 1.82) is 0 Å². The monoisotopic (exact) mass is 397 g/mol. The summed E-state index contributed by atoms with van der Waals surface area (Å²) in [6, 6.07) is 4.09. The summed E-state index contributed by atoms with van der Waals surface area (Å²) in [7, 11) is 3.58. The molecule has 1 aromatic rings. The van der Waals surface area contributed by atoms with Gasteiger partial charge in [-0.05, 0) is 40.0 Å². The lowest BCUT2D eigenvalue weighted by Crippen LogP contribution is -2.39. The van der Waals surface area contributed by atoms with Crippen molar-refractivity contribution < 1.29 is 14.2 Å². The highest BCUT2D eigenvalue weighted by atomic mass is 79.9. The third-order valence-electron chi connectivity index (χ3n) is 4.31. The van der Waals surface area contributed by atoms with Crippen LogP contribution in [0.15, 0.2) is 21.6 Å². The van der Waals surface area contributed by atoms with Crippen molar-refractivity contribution in [2.75, 3.05) is 47.1 Å². The number of likely N-dealkylation sites (tertiary alicyclic amines) is 1. The van der Waals surface area contributed by atoms with Gasteiger partial charge in [-0.15, -0.1) is 0 Å². The van der Waals surface area contributed by atoms with E-state index in [9.17, 15) is 0 Å². The zero-order valence-electron chi connectivity index (χ0n) is 14.2. The zero-order chi connectivity index (χ0) is 16.9. The molecule has 0 aliphatic carbocycles. The van der Waals surface area contributed by atoms with Crippen LogP contribution in [0.5, 0.6) is 11.5 Å². The number of ether oxygens (including phenoxy) is 3. The summed E-state index contributed by atoms with van der Waals surface area (Å²) in [5, 5.41) is 3.44. The summed E-state index contributed by atoms with van der Waals surface area (Å²) in [5.41, 5.74) is 1.12. The molecule has 0 bridgehead atoms. The first-order chi connectivity index (χ1) is 11.7. The van der Waals surface area contributed by atoms with E-state index >= 15 is 0 Å². The molecule has 0 spiro atoms. The van der Waals surface area contributed by atoms with Crippen molar-refractivity contribution in [2.45, 2.75) is 13.0 Å². The van der Waals surface area contributed by atoms with Crippen molar-refractivity contribution >= 4 is 21.9 Å². The van der Waals surface area contributed by atoms with E-state index in [2.05, 4.69) is 37.2 Å². The van der Waals surface area contributed by atoms with E-state index in [4.69, 9.17) is 14.2 Å². The molecule has 0 amide bonds. The standard InChI is InChI=1S/C17H24BrN3O3/c1-19-17(21-4-3-12(10-21)11-22-2)20-9-13-7-14(18)16-15(8-13)23-5-6-24-16/h7-8,12H,3-6,9-11H2,1-2H3,(H,19,20). The van der Waals surface area contributed by atoms with Crippen LogP contribution in [-0.2, 0) is 11.3 Å². The minimum atomic E-state index is 0.581. The van der Waals surface area contributed by atoms with E-state index in [-0.39, 0.29) is 0 Å². The van der Waals surface area contributed by atoms with Gasteiger partial charge in [-0.25, -0.2) is 0 Å². The van der Waals surface area contributed by atoms with E-state index in [1.54, 1.807) is 7.11 Å². The summed E-state index contributed by atoms with van der Waals surface area (Å²) < 4.78 is 17.5. The topological polar surface area (TPSA) is 55.3 Å². The Morgan fingerprint density at radius 3 is 3.04 bits per heavy atom. The van der Waals surface area contributed by atoms with Crippen molar-refractivity contribution in [1.82, 2.24) is 10.2 Å². The van der Waals surface area contributed by atoms with Gasteiger partial charge in [0.05, 0.1) is 11.1 Å². The Balaban J connectivity index is 1.61. The maximum atomic E-state index is 5.68. The molecule has 1 unspecified atom stereocenters. The fourth-order valence-electron chi connectivity index (χ4n) is 3.18. The number of hydrogen-bond acceptors (Lipinski definition) is 4. The summed E-state index contributed by atoms with van der Waals surface area (Å²) in [6.45, 7) is 4.67. The van der Waals surface area contributed by atoms with Gasteiger partial charge in [0, 0.05) is 39.7 Å². The predicted octanol–water partition coefficient (Wildman–Crippen LogP) is 2.26. The molecule has 132 valence electrons. The van der Waals surface area contributed by atoms with Crippen LogP contribution in [0.4, 0.5) is 0 Å². The lowest BCUT2D eigenvalue weighted by Gasteiger charge is -2.23. The number of nitrogens with zero attached hydrogens (tertiary/aromatic N) is 2. The van der Waals surface area contributed by atoms with E-state index < -0.39 is 0 Å². The number of rotatable bonds is 4. The highest BCUT2D eigenvalue weighted by Crippen LogP contribution is 2.38. The van der Waals surface area contributed by atoms with E-state index in [1.807, 2.05) is 13.1 Å². The fourth-order valence-corrected chi connectivity index (χ4v) is 3.78. The van der Waals surface area contributed by atoms with Gasteiger partial charge in [-0.3, -0.25) is 4.99 Å². The summed E-state index contributed by atoms with van der Waals surface area (Å²) in [6.07, 6.45) is 1.14. The molecule has 24 heavy (non-hydrogen) atoms. The molecule has 7 heteroatoms. The number of hydrogen-bond donors (Lipinski definition) is 1. The van der Waals surface area contributed by atoms with Crippen LogP contribution in [0, 0.1) is 5.92 Å². The lowest BCUT2D eigenvalue weighted by atomic mass is 10.1. The average Bonchev–Trinajstić information content (AvgIpc) is 3.04. The van der Waals surface area contributed by atoms with Gasteiger partial charge >= 0.3 is 0 Å². The molecule has 0 aromatic heterocycles. The van der Waals surface area contributed by atoms with E-state index in [0.29, 0.717) is 25.7 Å². The molecule has 0 radical (unpaired) electrons. The van der Waals surface area contributed by atoms with Crippen LogP contribution in [0.25, 0.3) is 0 Å². The molecular formula is C17H24BrN3O3. The second-order valence-electron chi connectivity index (χ2n) is 6.06. The van der Waals surface area contributed by atoms with Crippen molar-refractivity contribution in [3.8, 4) is 11.5 Å². The Hall–Kier alpha value is -1.47. The molecule has 1 saturated heterocycles. The van der Waals surface area contributed by atoms with Gasteiger partial charge in [-0.2, -0.15) is 0 Å². The third-order valence-corrected chi connectivity index (χ3v) is 4.90. The number of aliphatic imine (C=N–C) groups is 1. The normalized spacial score (nSPS) is 20.4. The molecular weight excluding hydrogens is 374 g/mol. The molecule has 6 nitrogen and oxygen atoms in total. The molecule has 1 N–H and O–H groups in total. The number of benzene rings is 1. The first kappa shape index (κ1) is 17.4. The molecule has 1 aromatic carbocycles. The zero-order valence-corrected chi connectivity index (χ0v) is 15.8. The lowest BCUT2D eigenvalue weighted by molar-refractivity contribution is 0.157. The van der Waals surface area contributed by atoms with Crippen LogP contribution in [0.2, 0.25) is 0 Å². The number of fused-ring (bicyclic) bond motifs is 1. The summed E-state index contributed by atoms with van der Waals surface area (Å²) in [4.78, 5) is 6.70. The van der Waals surface area contributed by atoms with Gasteiger partial charge in [0.15, 0.2) is 17.5 Å². The van der Waals surface area contributed by atoms with Gasteiger partial charge < -0.3 is 24.4 Å². The van der Waals surface area contributed by atoms with Gasteiger partial charge in [0.2, 0.25) is 0 Å². The maximum absolute atomic E-state index is 5.68. The Morgan fingerprint density at radius 2 is 2.25 bits per heavy atom. The molecule has 0 saturated carbocycles. The largest absolute Gasteiger partial charge is 0.486 e.